The maximum absolute atomic E-state index is 10.0. The van der Waals surface area contributed by atoms with Gasteiger partial charge in [0, 0.05) is 11.9 Å². The second kappa shape index (κ2) is 4.27. The highest BCUT2D eigenvalue weighted by Gasteiger charge is 1.97. The van der Waals surface area contributed by atoms with Gasteiger partial charge in [-0.25, -0.2) is 9.97 Å². The summed E-state index contributed by atoms with van der Waals surface area (Å²) in [4.78, 5) is 17.6. The minimum atomic E-state index is -1.15. The van der Waals surface area contributed by atoms with Crippen LogP contribution in [0.25, 0.3) is 0 Å². The van der Waals surface area contributed by atoms with Crippen molar-refractivity contribution in [3.63, 3.8) is 0 Å². The molecule has 0 saturated heterocycles. The molecule has 0 bridgehead atoms. The van der Waals surface area contributed by atoms with E-state index >= 15 is 0 Å². The van der Waals surface area contributed by atoms with Crippen LogP contribution in [-0.2, 0) is 4.79 Å². The number of carboxylic acids is 1. The highest BCUT2D eigenvalue weighted by Crippen LogP contribution is 2.13. The Morgan fingerprint density at radius 1 is 1.75 bits per heavy atom. The molecule has 0 radical (unpaired) electrons. The van der Waals surface area contributed by atoms with Crippen molar-refractivity contribution >= 4 is 29.3 Å². The third-order valence-corrected chi connectivity index (χ3v) is 1.96. The van der Waals surface area contributed by atoms with Gasteiger partial charge in [0.05, 0.1) is 5.97 Å². The van der Waals surface area contributed by atoms with Crippen LogP contribution < -0.4 is 5.11 Å². The van der Waals surface area contributed by atoms with Crippen LogP contribution in [-0.4, -0.2) is 21.7 Å². The first-order valence-corrected chi connectivity index (χ1v) is 4.36. The lowest BCUT2D eigenvalue weighted by Gasteiger charge is -1.99. The Labute approximate surface area is 78.0 Å². The summed E-state index contributed by atoms with van der Waals surface area (Å²) in [5, 5.41) is 10.7. The van der Waals surface area contributed by atoms with Crippen LogP contribution in [0.5, 0.6) is 0 Å². The van der Waals surface area contributed by atoms with Crippen molar-refractivity contribution in [2.75, 3.05) is 5.75 Å². The molecule has 1 aromatic rings. The molecule has 0 N–H and O–H groups in total. The molecule has 0 aliphatic carbocycles. The van der Waals surface area contributed by atoms with Crippen molar-refractivity contribution in [3.05, 3.63) is 17.4 Å². The Morgan fingerprint density at radius 2 is 2.50 bits per heavy atom. The van der Waals surface area contributed by atoms with Gasteiger partial charge in [-0.15, -0.1) is 0 Å². The minimum absolute atomic E-state index is 0.166. The van der Waals surface area contributed by atoms with Crippen molar-refractivity contribution < 1.29 is 9.90 Å². The summed E-state index contributed by atoms with van der Waals surface area (Å²) in [6.07, 6.45) is 1.47. The number of nitrogens with zero attached hydrogens (tertiary/aromatic N) is 2. The largest absolute Gasteiger partial charge is 0.549 e. The van der Waals surface area contributed by atoms with Gasteiger partial charge in [-0.2, -0.15) is 0 Å². The van der Waals surface area contributed by atoms with Gasteiger partial charge in [-0.1, -0.05) is 23.4 Å². The minimum Gasteiger partial charge on any atom is -0.549 e. The Balaban J connectivity index is 2.57. The molecule has 12 heavy (non-hydrogen) atoms. The van der Waals surface area contributed by atoms with Gasteiger partial charge in [0.1, 0.15) is 5.15 Å². The second-order valence-electron chi connectivity index (χ2n) is 1.82. The molecule has 0 amide bonds. The molecular weight excluding hydrogens is 200 g/mol. The zero-order chi connectivity index (χ0) is 8.97. The van der Waals surface area contributed by atoms with Crippen molar-refractivity contribution in [1.82, 2.24) is 9.97 Å². The second-order valence-corrected chi connectivity index (χ2v) is 3.15. The first-order chi connectivity index (χ1) is 5.68. The van der Waals surface area contributed by atoms with Gasteiger partial charge in [0.15, 0.2) is 5.16 Å². The molecule has 4 nitrogen and oxygen atoms in total. The molecule has 1 rings (SSSR count). The van der Waals surface area contributed by atoms with Crippen LogP contribution in [0.1, 0.15) is 0 Å². The van der Waals surface area contributed by atoms with E-state index < -0.39 is 5.97 Å². The summed E-state index contributed by atoms with van der Waals surface area (Å²) >= 11 is 6.51. The molecule has 6 heteroatoms. The van der Waals surface area contributed by atoms with Gasteiger partial charge in [-0.05, 0) is 6.07 Å². The number of aromatic nitrogens is 2. The standard InChI is InChI=1S/C6H5ClN2O2S/c7-4-1-2-8-6(9-4)12-3-5(10)11/h1-2H,3H2,(H,10,11)/p-1. The monoisotopic (exact) mass is 203 g/mol. The molecule has 0 aromatic carbocycles. The summed E-state index contributed by atoms with van der Waals surface area (Å²) in [5.74, 6) is -1.32. The summed E-state index contributed by atoms with van der Waals surface area (Å²) in [6, 6.07) is 1.52. The predicted molar refractivity (Wildman–Crippen MR) is 42.8 cm³/mol. The maximum atomic E-state index is 10.0. The van der Waals surface area contributed by atoms with Crippen LogP contribution in [0.3, 0.4) is 0 Å². The van der Waals surface area contributed by atoms with Crippen molar-refractivity contribution in [2.45, 2.75) is 5.16 Å². The van der Waals surface area contributed by atoms with E-state index in [4.69, 9.17) is 11.6 Å². The smallest absolute Gasteiger partial charge is 0.189 e. The molecule has 0 spiro atoms. The van der Waals surface area contributed by atoms with E-state index in [2.05, 4.69) is 9.97 Å². The van der Waals surface area contributed by atoms with E-state index in [-0.39, 0.29) is 5.75 Å². The number of thioether (sulfide) groups is 1. The summed E-state index contributed by atoms with van der Waals surface area (Å²) < 4.78 is 0. The fourth-order valence-electron chi connectivity index (χ4n) is 0.513. The van der Waals surface area contributed by atoms with Crippen molar-refractivity contribution in [2.24, 2.45) is 0 Å². The lowest BCUT2D eigenvalue weighted by molar-refractivity contribution is -0.301. The first-order valence-electron chi connectivity index (χ1n) is 2.99. The van der Waals surface area contributed by atoms with E-state index in [0.717, 1.165) is 11.8 Å². The number of carbonyl (C=O) groups excluding carboxylic acids is 1. The van der Waals surface area contributed by atoms with Crippen LogP contribution in [0.4, 0.5) is 0 Å². The third kappa shape index (κ3) is 3.06. The first kappa shape index (κ1) is 9.28. The summed E-state index contributed by atoms with van der Waals surface area (Å²) in [7, 11) is 0. The highest BCUT2D eigenvalue weighted by molar-refractivity contribution is 7.99. The molecule has 0 fully saturated rings. The quantitative estimate of drug-likeness (QED) is 0.392. The molecule has 0 aliphatic rings. The zero-order valence-corrected chi connectivity index (χ0v) is 7.43. The number of hydrogen-bond donors (Lipinski definition) is 0. The number of hydrogen-bond acceptors (Lipinski definition) is 5. The molecule has 0 unspecified atom stereocenters. The highest BCUT2D eigenvalue weighted by atomic mass is 35.5. The van der Waals surface area contributed by atoms with E-state index in [1.165, 1.54) is 12.3 Å². The van der Waals surface area contributed by atoms with Gasteiger partial charge >= 0.3 is 0 Å². The Hall–Kier alpha value is -0.810. The zero-order valence-electron chi connectivity index (χ0n) is 5.86. The summed E-state index contributed by atoms with van der Waals surface area (Å²) in [5.41, 5.74) is 0. The fraction of sp³-hybridized carbons (Fsp3) is 0.167. The molecular formula is C6H4ClN2O2S-. The van der Waals surface area contributed by atoms with Crippen LogP contribution in [0.2, 0.25) is 5.15 Å². The average molecular weight is 204 g/mol. The Kier molecular flexibility index (Phi) is 3.31. The molecule has 0 aliphatic heterocycles. The van der Waals surface area contributed by atoms with Crippen LogP contribution in [0, 0.1) is 0 Å². The topological polar surface area (TPSA) is 65.9 Å². The van der Waals surface area contributed by atoms with E-state index in [1.54, 1.807) is 0 Å². The fourth-order valence-corrected chi connectivity index (χ4v) is 1.24. The van der Waals surface area contributed by atoms with E-state index in [0.29, 0.717) is 10.3 Å². The van der Waals surface area contributed by atoms with E-state index in [1.807, 2.05) is 0 Å². The van der Waals surface area contributed by atoms with Crippen molar-refractivity contribution in [3.8, 4) is 0 Å². The van der Waals surface area contributed by atoms with Crippen molar-refractivity contribution in [1.29, 1.82) is 0 Å². The molecule has 0 atom stereocenters. The van der Waals surface area contributed by atoms with Gasteiger partial charge in [0.2, 0.25) is 0 Å². The van der Waals surface area contributed by atoms with Gasteiger partial charge < -0.3 is 9.90 Å². The lowest BCUT2D eigenvalue weighted by Crippen LogP contribution is -2.24. The SMILES string of the molecule is O=C([O-])CSc1nccc(Cl)n1. The molecule has 1 heterocycles. The van der Waals surface area contributed by atoms with E-state index in [9.17, 15) is 9.90 Å². The lowest BCUT2D eigenvalue weighted by atomic mass is 10.7. The number of carboxylic acid groups (broad SMARTS) is 1. The maximum Gasteiger partial charge on any atom is 0.189 e. The average Bonchev–Trinajstić information content (AvgIpc) is 2.01. The Morgan fingerprint density at radius 3 is 3.08 bits per heavy atom. The number of halogens is 1. The number of rotatable bonds is 3. The van der Waals surface area contributed by atoms with Crippen LogP contribution >= 0.6 is 23.4 Å². The third-order valence-electron chi connectivity index (χ3n) is 0.919. The normalized spacial score (nSPS) is 9.75. The number of aliphatic carboxylic acids is 1. The summed E-state index contributed by atoms with van der Waals surface area (Å²) in [6.45, 7) is 0. The Bertz CT molecular complexity index is 295. The molecule has 0 saturated carbocycles. The predicted octanol–water partition coefficient (Wildman–Crippen LogP) is -0.0280. The van der Waals surface area contributed by atoms with Gasteiger partial charge in [-0.3, -0.25) is 0 Å². The van der Waals surface area contributed by atoms with Crippen LogP contribution in [0.15, 0.2) is 17.4 Å². The molecule has 1 aromatic heterocycles. The molecule has 64 valence electrons. The number of carbonyl (C=O) groups is 1. The van der Waals surface area contributed by atoms with Gasteiger partial charge in [0.25, 0.3) is 0 Å².